The van der Waals surface area contributed by atoms with Crippen LogP contribution in [0.2, 0.25) is 0 Å². The van der Waals surface area contributed by atoms with Crippen LogP contribution in [0.5, 0.6) is 0 Å². The van der Waals surface area contributed by atoms with Crippen LogP contribution in [0.3, 0.4) is 0 Å². The number of para-hydroxylation sites is 1. The highest BCUT2D eigenvalue weighted by Gasteiger charge is 2.24. The van der Waals surface area contributed by atoms with E-state index in [-0.39, 0.29) is 24.3 Å². The Morgan fingerprint density at radius 2 is 1.93 bits per heavy atom. The Labute approximate surface area is 168 Å². The van der Waals surface area contributed by atoms with Crippen molar-refractivity contribution in [3.05, 3.63) is 65.4 Å². The fraction of sp³-hybridized carbons (Fsp3) is 0.227. The molecule has 3 N–H and O–H groups in total. The van der Waals surface area contributed by atoms with Gasteiger partial charge in [0.2, 0.25) is 5.91 Å². The second kappa shape index (κ2) is 7.79. The molecule has 0 unspecified atom stereocenters. The SMILES string of the molecule is CC(=O)c1cccc(NC(=O)CNC(=O)N2CCc3c([nH]c4ccccc34)C2)c1. The summed E-state index contributed by atoms with van der Waals surface area (Å²) in [6.07, 6.45) is 0.775. The van der Waals surface area contributed by atoms with Gasteiger partial charge in [0.1, 0.15) is 0 Å². The molecule has 0 atom stereocenters. The van der Waals surface area contributed by atoms with E-state index in [9.17, 15) is 14.4 Å². The standard InChI is InChI=1S/C22H22N4O3/c1-14(27)15-5-4-6-16(11-15)24-21(28)12-23-22(29)26-10-9-18-17-7-2-3-8-19(17)25-20(18)13-26/h2-8,11,25H,9-10,12-13H2,1H3,(H,23,29)(H,24,28). The summed E-state index contributed by atoms with van der Waals surface area (Å²) in [5.41, 5.74) is 4.42. The summed E-state index contributed by atoms with van der Waals surface area (Å²) in [4.78, 5) is 41.2. The average molecular weight is 390 g/mol. The third kappa shape index (κ3) is 3.99. The fourth-order valence-corrected chi connectivity index (χ4v) is 3.66. The molecule has 3 amide bonds. The van der Waals surface area contributed by atoms with Crippen molar-refractivity contribution < 1.29 is 14.4 Å². The maximum atomic E-state index is 12.5. The van der Waals surface area contributed by atoms with Crippen molar-refractivity contribution in [1.82, 2.24) is 15.2 Å². The third-order valence-electron chi connectivity index (χ3n) is 5.12. The molecule has 2 heterocycles. The van der Waals surface area contributed by atoms with Crippen molar-refractivity contribution in [2.45, 2.75) is 19.9 Å². The van der Waals surface area contributed by atoms with Crippen molar-refractivity contribution in [1.29, 1.82) is 0 Å². The second-order valence-corrected chi connectivity index (χ2v) is 7.14. The summed E-state index contributed by atoms with van der Waals surface area (Å²) < 4.78 is 0. The lowest BCUT2D eigenvalue weighted by Gasteiger charge is -2.27. The number of hydrogen-bond acceptors (Lipinski definition) is 3. The Bertz CT molecular complexity index is 1100. The number of urea groups is 1. The second-order valence-electron chi connectivity index (χ2n) is 7.14. The fourth-order valence-electron chi connectivity index (χ4n) is 3.66. The zero-order valence-electron chi connectivity index (χ0n) is 16.1. The summed E-state index contributed by atoms with van der Waals surface area (Å²) in [7, 11) is 0. The lowest BCUT2D eigenvalue weighted by atomic mass is 10.0. The molecule has 148 valence electrons. The van der Waals surface area contributed by atoms with E-state index in [1.807, 2.05) is 18.2 Å². The van der Waals surface area contributed by atoms with Gasteiger partial charge in [-0.25, -0.2) is 4.79 Å². The number of aromatic nitrogens is 1. The number of aromatic amines is 1. The summed E-state index contributed by atoms with van der Waals surface area (Å²) in [5, 5.41) is 6.57. The molecular weight excluding hydrogens is 368 g/mol. The molecule has 0 aliphatic carbocycles. The van der Waals surface area contributed by atoms with E-state index in [1.54, 1.807) is 29.2 Å². The molecule has 2 aromatic carbocycles. The van der Waals surface area contributed by atoms with Gasteiger partial charge in [-0.2, -0.15) is 0 Å². The number of Topliss-reactive ketones (excluding diaryl/α,β-unsaturated/α-hetero) is 1. The number of H-pyrrole nitrogens is 1. The highest BCUT2D eigenvalue weighted by Crippen LogP contribution is 2.27. The van der Waals surface area contributed by atoms with Gasteiger partial charge in [-0.15, -0.1) is 0 Å². The lowest BCUT2D eigenvalue weighted by molar-refractivity contribution is -0.115. The molecule has 7 nitrogen and oxygen atoms in total. The predicted octanol–water partition coefficient (Wildman–Crippen LogP) is 3.08. The number of amides is 3. The molecular formula is C22H22N4O3. The minimum Gasteiger partial charge on any atom is -0.357 e. The van der Waals surface area contributed by atoms with Crippen molar-refractivity contribution >= 4 is 34.3 Å². The van der Waals surface area contributed by atoms with Gasteiger partial charge in [-0.1, -0.05) is 30.3 Å². The maximum absolute atomic E-state index is 12.5. The van der Waals surface area contributed by atoms with E-state index in [0.717, 1.165) is 17.6 Å². The number of ketones is 1. The molecule has 0 radical (unpaired) electrons. The molecule has 0 saturated heterocycles. The number of nitrogens with one attached hydrogen (secondary N) is 3. The number of carbonyl (C=O) groups excluding carboxylic acids is 3. The number of fused-ring (bicyclic) bond motifs is 3. The number of hydrogen-bond donors (Lipinski definition) is 3. The zero-order chi connectivity index (χ0) is 20.4. The normalized spacial score (nSPS) is 13.1. The highest BCUT2D eigenvalue weighted by atomic mass is 16.2. The monoisotopic (exact) mass is 390 g/mol. The van der Waals surface area contributed by atoms with Crippen LogP contribution in [0.15, 0.2) is 48.5 Å². The molecule has 29 heavy (non-hydrogen) atoms. The first-order chi connectivity index (χ1) is 14.0. The minimum absolute atomic E-state index is 0.0733. The zero-order valence-corrected chi connectivity index (χ0v) is 16.1. The highest BCUT2D eigenvalue weighted by molar-refractivity contribution is 5.98. The molecule has 1 aromatic heterocycles. The number of benzene rings is 2. The van der Waals surface area contributed by atoms with Crippen LogP contribution in [-0.2, 0) is 17.8 Å². The van der Waals surface area contributed by atoms with Crippen molar-refractivity contribution in [2.75, 3.05) is 18.4 Å². The maximum Gasteiger partial charge on any atom is 0.318 e. The molecule has 0 fully saturated rings. The molecule has 3 aromatic rings. The largest absolute Gasteiger partial charge is 0.357 e. The van der Waals surface area contributed by atoms with Crippen molar-refractivity contribution in [3.63, 3.8) is 0 Å². The summed E-state index contributed by atoms with van der Waals surface area (Å²) >= 11 is 0. The summed E-state index contributed by atoms with van der Waals surface area (Å²) in [6.45, 7) is 2.42. The van der Waals surface area contributed by atoms with Gasteiger partial charge < -0.3 is 20.5 Å². The molecule has 4 rings (SSSR count). The molecule has 0 spiro atoms. The van der Waals surface area contributed by atoms with E-state index >= 15 is 0 Å². The summed E-state index contributed by atoms with van der Waals surface area (Å²) in [5.74, 6) is -0.418. The molecule has 0 bridgehead atoms. The van der Waals surface area contributed by atoms with Crippen LogP contribution in [0.4, 0.5) is 10.5 Å². The number of anilines is 1. The number of rotatable bonds is 4. The first-order valence-corrected chi connectivity index (χ1v) is 9.53. The molecule has 7 heteroatoms. The third-order valence-corrected chi connectivity index (χ3v) is 5.12. The Morgan fingerprint density at radius 1 is 1.10 bits per heavy atom. The van der Waals surface area contributed by atoms with Crippen LogP contribution in [0, 0.1) is 0 Å². The molecule has 1 aliphatic rings. The van der Waals surface area contributed by atoms with E-state index < -0.39 is 0 Å². The Morgan fingerprint density at radius 3 is 2.76 bits per heavy atom. The van der Waals surface area contributed by atoms with Crippen LogP contribution in [-0.4, -0.2) is 40.7 Å². The van der Waals surface area contributed by atoms with E-state index in [2.05, 4.69) is 21.7 Å². The first-order valence-electron chi connectivity index (χ1n) is 9.53. The predicted molar refractivity (Wildman–Crippen MR) is 111 cm³/mol. The molecule has 0 saturated carbocycles. The van der Waals surface area contributed by atoms with Gasteiger partial charge in [0.15, 0.2) is 5.78 Å². The molecule has 1 aliphatic heterocycles. The first kappa shape index (κ1) is 18.7. The smallest absolute Gasteiger partial charge is 0.318 e. The van der Waals surface area contributed by atoms with Gasteiger partial charge in [0, 0.05) is 34.4 Å². The Hall–Kier alpha value is -3.61. The van der Waals surface area contributed by atoms with Crippen molar-refractivity contribution in [2.24, 2.45) is 0 Å². The summed E-state index contributed by atoms with van der Waals surface area (Å²) in [6, 6.07) is 14.6. The van der Waals surface area contributed by atoms with Crippen LogP contribution in [0.1, 0.15) is 28.5 Å². The lowest BCUT2D eigenvalue weighted by Crippen LogP contribution is -2.45. The van der Waals surface area contributed by atoms with Crippen LogP contribution >= 0.6 is 0 Å². The van der Waals surface area contributed by atoms with E-state index in [0.29, 0.717) is 24.3 Å². The topological polar surface area (TPSA) is 94.3 Å². The van der Waals surface area contributed by atoms with Crippen LogP contribution in [0.25, 0.3) is 10.9 Å². The van der Waals surface area contributed by atoms with Gasteiger partial charge in [0.05, 0.1) is 13.1 Å². The van der Waals surface area contributed by atoms with Gasteiger partial charge >= 0.3 is 6.03 Å². The Kier molecular flexibility index (Phi) is 5.03. The average Bonchev–Trinajstić information content (AvgIpc) is 3.10. The minimum atomic E-state index is -0.345. The number of carbonyl (C=O) groups is 3. The van der Waals surface area contributed by atoms with Gasteiger partial charge in [-0.3, -0.25) is 9.59 Å². The van der Waals surface area contributed by atoms with Crippen LogP contribution < -0.4 is 10.6 Å². The van der Waals surface area contributed by atoms with Gasteiger partial charge in [0.25, 0.3) is 0 Å². The van der Waals surface area contributed by atoms with E-state index in [4.69, 9.17) is 0 Å². The quantitative estimate of drug-likeness (QED) is 0.598. The van der Waals surface area contributed by atoms with Crippen molar-refractivity contribution in [3.8, 4) is 0 Å². The Balaban J connectivity index is 1.33. The van der Waals surface area contributed by atoms with E-state index in [1.165, 1.54) is 17.9 Å². The van der Waals surface area contributed by atoms with Gasteiger partial charge in [-0.05, 0) is 37.1 Å². The number of nitrogens with zero attached hydrogens (tertiary/aromatic N) is 1.